The van der Waals surface area contributed by atoms with Crippen LogP contribution in [0.2, 0.25) is 0 Å². The van der Waals surface area contributed by atoms with Gasteiger partial charge in [0.05, 0.1) is 6.04 Å². The van der Waals surface area contributed by atoms with Gasteiger partial charge in [-0.05, 0) is 63.4 Å². The van der Waals surface area contributed by atoms with Gasteiger partial charge in [0.15, 0.2) is 6.10 Å². The van der Waals surface area contributed by atoms with E-state index in [9.17, 15) is 4.79 Å². The molecule has 0 spiro atoms. The number of carbonyl (C=O) groups excluding carboxylic acids is 1. The number of carbonyl (C=O) groups is 1. The second-order valence-electron chi connectivity index (χ2n) is 6.52. The van der Waals surface area contributed by atoms with Gasteiger partial charge in [-0.25, -0.2) is 0 Å². The van der Waals surface area contributed by atoms with Crippen molar-refractivity contribution < 1.29 is 14.3 Å². The fourth-order valence-electron chi connectivity index (χ4n) is 2.41. The third kappa shape index (κ3) is 5.52. The number of ether oxygens (including phenoxy) is 2. The quantitative estimate of drug-likeness (QED) is 0.829. The molecule has 134 valence electrons. The minimum absolute atomic E-state index is 0.114. The van der Waals surface area contributed by atoms with Gasteiger partial charge >= 0.3 is 0 Å². The summed E-state index contributed by atoms with van der Waals surface area (Å²) in [6, 6.07) is 13.7. The average Bonchev–Trinajstić information content (AvgIpc) is 2.57. The molecule has 25 heavy (non-hydrogen) atoms. The Labute approximate surface area is 150 Å². The normalized spacial score (nSPS) is 13.0. The first kappa shape index (κ1) is 18.8. The topological polar surface area (TPSA) is 47.6 Å². The van der Waals surface area contributed by atoms with Gasteiger partial charge in [-0.15, -0.1) is 0 Å². The van der Waals surface area contributed by atoms with Crippen LogP contribution in [-0.2, 0) is 4.79 Å². The summed E-state index contributed by atoms with van der Waals surface area (Å²) in [6.07, 6.45) is -0.568. The summed E-state index contributed by atoms with van der Waals surface area (Å²) in [5.74, 6) is 1.43. The Hall–Kier alpha value is -2.49. The van der Waals surface area contributed by atoms with Crippen LogP contribution in [0.4, 0.5) is 0 Å². The molecular formula is C21H27NO3. The van der Waals surface area contributed by atoms with Crippen LogP contribution in [0.1, 0.15) is 30.5 Å². The van der Waals surface area contributed by atoms with E-state index in [1.54, 1.807) is 6.92 Å². The van der Waals surface area contributed by atoms with Crippen LogP contribution in [0.3, 0.4) is 0 Å². The second kappa shape index (κ2) is 8.56. The summed E-state index contributed by atoms with van der Waals surface area (Å²) in [5.41, 5.74) is 3.20. The van der Waals surface area contributed by atoms with Crippen LogP contribution in [0.15, 0.2) is 42.5 Å². The number of aryl methyl sites for hydroxylation is 3. The highest BCUT2D eigenvalue weighted by Gasteiger charge is 2.18. The Morgan fingerprint density at radius 2 is 1.68 bits per heavy atom. The van der Waals surface area contributed by atoms with Gasteiger partial charge in [-0.2, -0.15) is 0 Å². The van der Waals surface area contributed by atoms with Gasteiger partial charge in [-0.1, -0.05) is 30.3 Å². The van der Waals surface area contributed by atoms with Gasteiger partial charge in [-0.3, -0.25) is 4.79 Å². The maximum atomic E-state index is 12.3. The predicted octanol–water partition coefficient (Wildman–Crippen LogP) is 3.96. The van der Waals surface area contributed by atoms with E-state index < -0.39 is 6.10 Å². The van der Waals surface area contributed by atoms with Gasteiger partial charge in [0, 0.05) is 0 Å². The molecule has 0 aliphatic rings. The molecule has 0 bridgehead atoms. The lowest BCUT2D eigenvalue weighted by molar-refractivity contribution is -0.128. The maximum Gasteiger partial charge on any atom is 0.261 e. The summed E-state index contributed by atoms with van der Waals surface area (Å²) in [7, 11) is 0. The number of hydrogen-bond donors (Lipinski definition) is 1. The highest BCUT2D eigenvalue weighted by atomic mass is 16.5. The number of amides is 1. The van der Waals surface area contributed by atoms with E-state index in [1.165, 1.54) is 0 Å². The van der Waals surface area contributed by atoms with E-state index in [0.717, 1.165) is 28.2 Å². The van der Waals surface area contributed by atoms with Crippen LogP contribution < -0.4 is 14.8 Å². The molecule has 0 saturated carbocycles. The summed E-state index contributed by atoms with van der Waals surface area (Å²) < 4.78 is 11.6. The molecule has 1 N–H and O–H groups in total. The molecule has 0 aromatic heterocycles. The van der Waals surface area contributed by atoms with Crippen LogP contribution >= 0.6 is 0 Å². The summed E-state index contributed by atoms with van der Waals surface area (Å²) in [4.78, 5) is 12.3. The van der Waals surface area contributed by atoms with Gasteiger partial charge < -0.3 is 14.8 Å². The van der Waals surface area contributed by atoms with Crippen molar-refractivity contribution in [2.75, 3.05) is 6.61 Å². The molecule has 0 aliphatic heterocycles. The van der Waals surface area contributed by atoms with Crippen molar-refractivity contribution in [3.63, 3.8) is 0 Å². The SMILES string of the molecule is Cc1ccc(C)c(O[C@H](C)C(=O)N[C@@H](C)COc2ccccc2C)c1. The third-order valence-electron chi connectivity index (χ3n) is 3.99. The number of rotatable bonds is 7. The van der Waals surface area contributed by atoms with E-state index in [2.05, 4.69) is 5.32 Å². The average molecular weight is 341 g/mol. The molecule has 2 aromatic carbocycles. The molecular weight excluding hydrogens is 314 g/mol. The number of nitrogens with one attached hydrogen (secondary N) is 1. The highest BCUT2D eigenvalue weighted by molar-refractivity contribution is 5.81. The van der Waals surface area contributed by atoms with Crippen LogP contribution in [-0.4, -0.2) is 24.7 Å². The van der Waals surface area contributed by atoms with Gasteiger partial charge in [0.1, 0.15) is 18.1 Å². The lowest BCUT2D eigenvalue weighted by Crippen LogP contribution is -2.43. The largest absolute Gasteiger partial charge is 0.491 e. The first-order valence-electron chi connectivity index (χ1n) is 8.59. The molecule has 2 rings (SSSR count). The van der Waals surface area contributed by atoms with Crippen molar-refractivity contribution in [2.45, 2.75) is 46.8 Å². The van der Waals surface area contributed by atoms with E-state index in [1.807, 2.05) is 70.2 Å². The van der Waals surface area contributed by atoms with Crippen LogP contribution in [0.5, 0.6) is 11.5 Å². The summed E-state index contributed by atoms with van der Waals surface area (Å²) in [6.45, 7) is 10.1. The highest BCUT2D eigenvalue weighted by Crippen LogP contribution is 2.20. The van der Waals surface area contributed by atoms with Crippen molar-refractivity contribution in [3.05, 3.63) is 59.2 Å². The minimum atomic E-state index is -0.568. The van der Waals surface area contributed by atoms with E-state index in [4.69, 9.17) is 9.47 Å². The Balaban J connectivity index is 1.85. The van der Waals surface area contributed by atoms with E-state index in [0.29, 0.717) is 6.61 Å². The van der Waals surface area contributed by atoms with Crippen LogP contribution in [0.25, 0.3) is 0 Å². The van der Waals surface area contributed by atoms with E-state index >= 15 is 0 Å². The number of para-hydroxylation sites is 1. The molecule has 0 saturated heterocycles. The molecule has 2 aromatic rings. The molecule has 0 heterocycles. The maximum absolute atomic E-state index is 12.3. The van der Waals surface area contributed by atoms with Gasteiger partial charge in [0.2, 0.25) is 0 Å². The van der Waals surface area contributed by atoms with Crippen LogP contribution in [0, 0.1) is 20.8 Å². The zero-order valence-electron chi connectivity index (χ0n) is 15.6. The zero-order valence-corrected chi connectivity index (χ0v) is 15.6. The Morgan fingerprint density at radius 3 is 2.40 bits per heavy atom. The standard InChI is InChI=1S/C21H27NO3/c1-14-10-11-16(3)20(12-14)25-18(5)21(23)22-17(4)13-24-19-9-7-6-8-15(19)2/h6-12,17-18H,13H2,1-5H3,(H,22,23)/t17-,18+/m0/s1. The molecule has 0 radical (unpaired) electrons. The molecule has 0 unspecified atom stereocenters. The van der Waals surface area contributed by atoms with E-state index in [-0.39, 0.29) is 11.9 Å². The molecule has 2 atom stereocenters. The predicted molar refractivity (Wildman–Crippen MR) is 100 cm³/mol. The molecule has 4 heteroatoms. The first-order chi connectivity index (χ1) is 11.9. The number of hydrogen-bond acceptors (Lipinski definition) is 3. The summed E-state index contributed by atoms with van der Waals surface area (Å²) >= 11 is 0. The first-order valence-corrected chi connectivity index (χ1v) is 8.59. The Bertz CT molecular complexity index is 727. The Kier molecular flexibility index (Phi) is 6.45. The minimum Gasteiger partial charge on any atom is -0.491 e. The molecule has 0 aliphatic carbocycles. The lowest BCUT2D eigenvalue weighted by Gasteiger charge is -2.20. The van der Waals surface area contributed by atoms with Crippen molar-refractivity contribution in [1.82, 2.24) is 5.32 Å². The molecule has 4 nitrogen and oxygen atoms in total. The fraction of sp³-hybridized carbons (Fsp3) is 0.381. The summed E-state index contributed by atoms with van der Waals surface area (Å²) in [5, 5.41) is 2.93. The van der Waals surface area contributed by atoms with Gasteiger partial charge in [0.25, 0.3) is 5.91 Å². The van der Waals surface area contributed by atoms with Crippen molar-refractivity contribution in [1.29, 1.82) is 0 Å². The van der Waals surface area contributed by atoms with Crippen molar-refractivity contribution >= 4 is 5.91 Å². The van der Waals surface area contributed by atoms with Crippen molar-refractivity contribution in [3.8, 4) is 11.5 Å². The second-order valence-corrected chi connectivity index (χ2v) is 6.52. The number of benzene rings is 2. The lowest BCUT2D eigenvalue weighted by atomic mass is 10.1. The zero-order chi connectivity index (χ0) is 18.4. The third-order valence-corrected chi connectivity index (χ3v) is 3.99. The molecule has 1 amide bonds. The monoisotopic (exact) mass is 341 g/mol. The van der Waals surface area contributed by atoms with Crippen molar-refractivity contribution in [2.24, 2.45) is 0 Å². The molecule has 0 fully saturated rings. The Morgan fingerprint density at radius 1 is 1.00 bits per heavy atom. The fourth-order valence-corrected chi connectivity index (χ4v) is 2.41. The smallest absolute Gasteiger partial charge is 0.261 e.